The van der Waals surface area contributed by atoms with Gasteiger partial charge in [0.05, 0.1) is 23.4 Å². The van der Waals surface area contributed by atoms with Crippen LogP contribution in [0.3, 0.4) is 0 Å². The van der Waals surface area contributed by atoms with Crippen LogP contribution in [0.2, 0.25) is 0 Å². The molecule has 0 aliphatic carbocycles. The zero-order valence-corrected chi connectivity index (χ0v) is 29.1. The maximum atomic E-state index is 14.8. The number of benzene rings is 2. The van der Waals surface area contributed by atoms with Gasteiger partial charge in [0, 0.05) is 59.5 Å². The Morgan fingerprint density at radius 1 is 1.10 bits per heavy atom. The summed E-state index contributed by atoms with van der Waals surface area (Å²) < 4.78 is 21.7. The van der Waals surface area contributed by atoms with Gasteiger partial charge in [0.1, 0.15) is 0 Å². The summed E-state index contributed by atoms with van der Waals surface area (Å²) in [6.07, 6.45) is 5.42. The van der Waals surface area contributed by atoms with Crippen molar-refractivity contribution >= 4 is 54.8 Å². The molecule has 0 saturated carbocycles. The summed E-state index contributed by atoms with van der Waals surface area (Å²) in [5.74, 6) is 7.78. The third kappa shape index (κ3) is 7.45. The summed E-state index contributed by atoms with van der Waals surface area (Å²) in [6.45, 7) is 10.3. The normalized spacial score (nSPS) is 18.0. The summed E-state index contributed by atoms with van der Waals surface area (Å²) in [7, 11) is 0. The van der Waals surface area contributed by atoms with Crippen LogP contribution in [0.1, 0.15) is 48.3 Å². The molecule has 2 atom stereocenters. The molecule has 48 heavy (non-hydrogen) atoms. The van der Waals surface area contributed by atoms with Crippen LogP contribution in [0.5, 0.6) is 5.75 Å². The van der Waals surface area contributed by atoms with Gasteiger partial charge in [0.25, 0.3) is 0 Å². The maximum absolute atomic E-state index is 14.8. The topological polar surface area (TPSA) is 91.3 Å². The smallest absolute Gasteiger partial charge is 0.191 e. The second-order valence-electron chi connectivity index (χ2n) is 12.5. The second-order valence-corrected chi connectivity index (χ2v) is 14.6. The van der Waals surface area contributed by atoms with Gasteiger partial charge in [-0.15, -0.1) is 21.5 Å². The van der Waals surface area contributed by atoms with Gasteiger partial charge in [-0.3, -0.25) is 4.90 Å². The van der Waals surface area contributed by atoms with Gasteiger partial charge in [0.15, 0.2) is 33.5 Å². The molecule has 2 aliphatic heterocycles. The quantitative estimate of drug-likeness (QED) is 0.128. The fourth-order valence-corrected chi connectivity index (χ4v) is 8.24. The summed E-state index contributed by atoms with van der Waals surface area (Å²) in [5.41, 5.74) is 3.91. The van der Waals surface area contributed by atoms with Crippen LogP contribution in [0.4, 0.5) is 26.3 Å². The van der Waals surface area contributed by atoms with Crippen molar-refractivity contribution in [3.8, 4) is 17.6 Å². The van der Waals surface area contributed by atoms with Crippen molar-refractivity contribution in [3.63, 3.8) is 0 Å². The lowest BCUT2D eigenvalue weighted by Gasteiger charge is -2.34. The van der Waals surface area contributed by atoms with Crippen LogP contribution < -0.4 is 20.3 Å². The van der Waals surface area contributed by atoms with Gasteiger partial charge < -0.3 is 20.3 Å². The molecule has 0 unspecified atom stereocenters. The fourth-order valence-electron chi connectivity index (χ4n) is 6.40. The highest BCUT2D eigenvalue weighted by molar-refractivity contribution is 7.22. The van der Waals surface area contributed by atoms with Crippen molar-refractivity contribution in [2.24, 2.45) is 0 Å². The Balaban J connectivity index is 0.919. The summed E-state index contributed by atoms with van der Waals surface area (Å²) >= 11 is 3.27. The first-order valence-corrected chi connectivity index (χ1v) is 18.1. The molecule has 0 radical (unpaired) electrons. The summed E-state index contributed by atoms with van der Waals surface area (Å²) in [5, 5.41) is 17.9. The van der Waals surface area contributed by atoms with Crippen LogP contribution >= 0.6 is 22.7 Å². The minimum absolute atomic E-state index is 0.256. The first-order valence-electron chi connectivity index (χ1n) is 16.5. The minimum atomic E-state index is -0.384. The van der Waals surface area contributed by atoms with Crippen LogP contribution in [-0.4, -0.2) is 69.9 Å². The SMILES string of the molecule is Cc1c(Nc2nc3ccccc3s2)nnc2c1CCCN2c1ncc(CCCOc2ccc(C#CCN3C[C@@H](C)N[C@@H](C)C3)cc2F)s1. The van der Waals surface area contributed by atoms with Crippen LogP contribution in [0.25, 0.3) is 10.2 Å². The molecule has 7 rings (SSSR count). The highest BCUT2D eigenvalue weighted by atomic mass is 32.1. The molecule has 3 aromatic heterocycles. The molecule has 0 bridgehead atoms. The number of piperazine rings is 1. The lowest BCUT2D eigenvalue weighted by Crippen LogP contribution is -2.54. The number of halogens is 1. The van der Waals surface area contributed by atoms with Crippen LogP contribution in [0, 0.1) is 24.6 Å². The van der Waals surface area contributed by atoms with Crippen LogP contribution in [0.15, 0.2) is 48.7 Å². The standard InChI is InChI=1S/C36H39FN8OS2/c1-23-21-44(22-24(2)39-23)16-6-9-26-14-15-31(29(37)19-26)46-18-8-10-27-20-38-36(47-27)45-17-7-11-28-25(3)33(42-43-34(28)45)41-35-40-30-12-4-5-13-32(30)48-35/h4-5,12-15,19-20,23-24,39H,7-8,10-11,16-18,21-22H2,1-3H3,(H,40,41,42)/t23-,24+. The Morgan fingerprint density at radius 3 is 2.79 bits per heavy atom. The van der Waals surface area contributed by atoms with E-state index in [1.807, 2.05) is 30.5 Å². The zero-order chi connectivity index (χ0) is 33.0. The van der Waals surface area contributed by atoms with Gasteiger partial charge >= 0.3 is 0 Å². The summed E-state index contributed by atoms with van der Waals surface area (Å²) in [6, 6.07) is 14.0. The van der Waals surface area contributed by atoms with E-state index >= 15 is 0 Å². The number of anilines is 4. The molecule has 1 fully saturated rings. The first kappa shape index (κ1) is 32.4. The Labute approximate surface area is 288 Å². The third-order valence-corrected chi connectivity index (χ3v) is 10.6. The van der Waals surface area contributed by atoms with Crippen molar-refractivity contribution in [1.82, 2.24) is 30.4 Å². The Hall–Kier alpha value is -4.15. The van der Waals surface area contributed by atoms with Crippen molar-refractivity contribution in [3.05, 3.63) is 76.0 Å². The lowest BCUT2D eigenvalue weighted by atomic mass is 10.0. The number of aromatic nitrogens is 4. The number of nitrogens with one attached hydrogen (secondary N) is 2. The number of hydrogen-bond acceptors (Lipinski definition) is 11. The van der Waals surface area contributed by atoms with E-state index in [1.165, 1.54) is 11.6 Å². The van der Waals surface area contributed by atoms with E-state index in [0.29, 0.717) is 30.8 Å². The van der Waals surface area contributed by atoms with E-state index in [4.69, 9.17) is 14.7 Å². The van der Waals surface area contributed by atoms with E-state index in [1.54, 1.807) is 28.7 Å². The van der Waals surface area contributed by atoms with Crippen LogP contribution in [-0.2, 0) is 12.8 Å². The van der Waals surface area contributed by atoms with Crippen molar-refractivity contribution in [2.45, 2.75) is 58.5 Å². The number of thiazole rings is 2. The van der Waals surface area contributed by atoms with Gasteiger partial charge in [-0.25, -0.2) is 14.4 Å². The number of ether oxygens (including phenoxy) is 1. The molecular formula is C36H39FN8OS2. The molecule has 248 valence electrons. The van der Waals surface area contributed by atoms with E-state index in [2.05, 4.69) is 69.3 Å². The molecule has 12 heteroatoms. The number of para-hydroxylation sites is 1. The molecule has 2 N–H and O–H groups in total. The molecular weight excluding hydrogens is 644 g/mol. The number of nitrogens with zero attached hydrogens (tertiary/aromatic N) is 6. The predicted octanol–water partition coefficient (Wildman–Crippen LogP) is 6.86. The number of hydrogen-bond donors (Lipinski definition) is 2. The summed E-state index contributed by atoms with van der Waals surface area (Å²) in [4.78, 5) is 15.1. The molecule has 0 spiro atoms. The first-order chi connectivity index (χ1) is 23.4. The minimum Gasteiger partial charge on any atom is -0.491 e. The largest absolute Gasteiger partial charge is 0.491 e. The Bertz CT molecular complexity index is 1920. The predicted molar refractivity (Wildman–Crippen MR) is 193 cm³/mol. The number of fused-ring (bicyclic) bond motifs is 2. The lowest BCUT2D eigenvalue weighted by molar-refractivity contribution is 0.192. The molecule has 5 heterocycles. The number of aryl methyl sites for hydroxylation is 1. The Kier molecular flexibility index (Phi) is 9.81. The monoisotopic (exact) mass is 682 g/mol. The van der Waals surface area contributed by atoms with Gasteiger partial charge in [-0.2, -0.15) is 0 Å². The van der Waals surface area contributed by atoms with E-state index in [-0.39, 0.29) is 11.6 Å². The van der Waals surface area contributed by atoms with Crippen molar-refractivity contribution in [2.75, 3.05) is 43.0 Å². The van der Waals surface area contributed by atoms with Gasteiger partial charge in [-0.1, -0.05) is 35.3 Å². The van der Waals surface area contributed by atoms with Gasteiger partial charge in [-0.05, 0) is 76.8 Å². The average Bonchev–Trinajstić information content (AvgIpc) is 3.71. The van der Waals surface area contributed by atoms with Crippen molar-refractivity contribution < 1.29 is 9.13 Å². The van der Waals surface area contributed by atoms with E-state index in [9.17, 15) is 4.39 Å². The molecule has 2 aliphatic rings. The highest BCUT2D eigenvalue weighted by Crippen LogP contribution is 2.38. The molecule has 1 saturated heterocycles. The van der Waals surface area contributed by atoms with E-state index < -0.39 is 0 Å². The molecule has 5 aromatic rings. The third-order valence-electron chi connectivity index (χ3n) is 8.60. The number of rotatable bonds is 9. The van der Waals surface area contributed by atoms with Gasteiger partial charge in [0.2, 0.25) is 0 Å². The molecule has 2 aromatic carbocycles. The second kappa shape index (κ2) is 14.5. The van der Waals surface area contributed by atoms with E-state index in [0.717, 1.165) is 87.9 Å². The zero-order valence-electron chi connectivity index (χ0n) is 27.4. The Morgan fingerprint density at radius 2 is 1.96 bits per heavy atom. The highest BCUT2D eigenvalue weighted by Gasteiger charge is 2.26. The molecule has 0 amide bonds. The molecule has 9 nitrogen and oxygen atoms in total. The van der Waals surface area contributed by atoms with Crippen molar-refractivity contribution in [1.29, 1.82) is 0 Å². The average molecular weight is 683 g/mol. The maximum Gasteiger partial charge on any atom is 0.191 e. The fraction of sp³-hybridized carbons (Fsp3) is 0.389.